The monoisotopic (exact) mass is 203 g/mol. The van der Waals surface area contributed by atoms with Crippen LogP contribution in [0.3, 0.4) is 0 Å². The second kappa shape index (κ2) is 3.33. The van der Waals surface area contributed by atoms with Crippen molar-refractivity contribution >= 4 is 12.2 Å². The predicted octanol–water partition coefficient (Wildman–Crippen LogP) is 2.23. The van der Waals surface area contributed by atoms with E-state index in [0.717, 1.165) is 18.5 Å². The average Bonchev–Trinajstić information content (AvgIpc) is 2.83. The summed E-state index contributed by atoms with van der Waals surface area (Å²) in [5.41, 5.74) is 1.02. The van der Waals surface area contributed by atoms with Gasteiger partial charge in [-0.05, 0) is 37.8 Å². The molecule has 3 heteroatoms. The highest BCUT2D eigenvalue weighted by atomic mass is 16.2. The third-order valence-electron chi connectivity index (χ3n) is 3.45. The van der Waals surface area contributed by atoms with E-state index in [0.29, 0.717) is 6.04 Å². The van der Waals surface area contributed by atoms with Crippen LogP contribution in [0.15, 0.2) is 18.3 Å². The van der Waals surface area contributed by atoms with Crippen LogP contribution in [0.25, 0.3) is 0 Å². The van der Waals surface area contributed by atoms with E-state index in [1.54, 1.807) is 4.57 Å². The number of rotatable bonds is 1. The van der Waals surface area contributed by atoms with Crippen molar-refractivity contribution in [3.63, 3.8) is 0 Å². The van der Waals surface area contributed by atoms with Gasteiger partial charge in [-0.25, -0.2) is 0 Å². The van der Waals surface area contributed by atoms with E-state index in [1.807, 2.05) is 29.1 Å². The van der Waals surface area contributed by atoms with Crippen molar-refractivity contribution in [2.24, 2.45) is 0 Å². The third-order valence-corrected chi connectivity index (χ3v) is 3.45. The molecule has 0 bridgehead atoms. The largest absolute Gasteiger partial charge is 0.503 e. The Hall–Kier alpha value is -1.38. The van der Waals surface area contributed by atoms with Crippen LogP contribution < -0.4 is 0 Å². The minimum atomic E-state index is 0.127. The Morgan fingerprint density at radius 3 is 2.80 bits per heavy atom. The van der Waals surface area contributed by atoms with Crippen molar-refractivity contribution in [3.8, 4) is 0 Å². The molecule has 3 nitrogen and oxygen atoms in total. The molecule has 0 atom stereocenters. The van der Waals surface area contributed by atoms with Crippen LogP contribution >= 0.6 is 0 Å². The second-order valence-corrected chi connectivity index (χ2v) is 4.41. The van der Waals surface area contributed by atoms with Gasteiger partial charge in [-0.3, -0.25) is 0 Å². The fourth-order valence-electron chi connectivity index (χ4n) is 2.62. The molecule has 2 heterocycles. The molecule has 1 saturated carbocycles. The van der Waals surface area contributed by atoms with E-state index in [4.69, 9.17) is 0 Å². The molecule has 1 fully saturated rings. The molecule has 1 aliphatic heterocycles. The molecule has 0 aromatic carbocycles. The molecule has 78 valence electrons. The number of aromatic nitrogens is 1. The fourth-order valence-corrected chi connectivity index (χ4v) is 2.62. The Labute approximate surface area is 89.0 Å². The van der Waals surface area contributed by atoms with Crippen LogP contribution in [-0.4, -0.2) is 27.4 Å². The zero-order chi connectivity index (χ0) is 10.3. The maximum absolute atomic E-state index is 12.0. The second-order valence-electron chi connectivity index (χ2n) is 4.41. The van der Waals surface area contributed by atoms with Crippen LogP contribution in [0, 0.1) is 0 Å². The predicted molar refractivity (Wildman–Crippen MR) is 57.5 cm³/mol. The Morgan fingerprint density at radius 2 is 2.07 bits per heavy atom. The first-order chi connectivity index (χ1) is 7.36. The zero-order valence-electron chi connectivity index (χ0n) is 8.72. The van der Waals surface area contributed by atoms with Gasteiger partial charge in [0.05, 0.1) is 0 Å². The van der Waals surface area contributed by atoms with Gasteiger partial charge >= 0.3 is 6.03 Å². The van der Waals surface area contributed by atoms with Crippen LogP contribution in [0.4, 0.5) is 4.79 Å². The van der Waals surface area contributed by atoms with Crippen LogP contribution in [0.2, 0.25) is 0 Å². The molecule has 0 saturated heterocycles. The molecule has 0 unspecified atom stereocenters. The van der Waals surface area contributed by atoms with Gasteiger partial charge in [0.1, 0.15) is 18.5 Å². The SMILES string of the molecule is O=C1n2cccc2C=[N+]1C1CCCCC1. The van der Waals surface area contributed by atoms with E-state index in [-0.39, 0.29) is 6.03 Å². The minimum absolute atomic E-state index is 0.127. The first-order valence-corrected chi connectivity index (χ1v) is 5.71. The van der Waals surface area contributed by atoms with E-state index < -0.39 is 0 Å². The van der Waals surface area contributed by atoms with Gasteiger partial charge < -0.3 is 0 Å². The van der Waals surface area contributed by atoms with Gasteiger partial charge in [0.25, 0.3) is 0 Å². The van der Waals surface area contributed by atoms with Crippen LogP contribution in [0.5, 0.6) is 0 Å². The van der Waals surface area contributed by atoms with E-state index in [9.17, 15) is 4.79 Å². The number of carbonyl (C=O) groups is 1. The quantitative estimate of drug-likeness (QED) is 0.642. The molecule has 15 heavy (non-hydrogen) atoms. The van der Waals surface area contributed by atoms with Crippen LogP contribution in [0.1, 0.15) is 37.8 Å². The van der Waals surface area contributed by atoms with Gasteiger partial charge in [-0.1, -0.05) is 6.42 Å². The van der Waals surface area contributed by atoms with Gasteiger partial charge in [0.2, 0.25) is 0 Å². The van der Waals surface area contributed by atoms with Gasteiger partial charge in [0.15, 0.2) is 5.69 Å². The number of hydrogen-bond donors (Lipinski definition) is 0. The summed E-state index contributed by atoms with van der Waals surface area (Å²) in [5, 5.41) is 0. The Morgan fingerprint density at radius 1 is 1.27 bits per heavy atom. The number of carbonyl (C=O) groups excluding carboxylic acids is 1. The van der Waals surface area contributed by atoms with E-state index in [1.165, 1.54) is 19.3 Å². The van der Waals surface area contributed by atoms with Gasteiger partial charge in [-0.15, -0.1) is 0 Å². The van der Waals surface area contributed by atoms with Crippen molar-refractivity contribution in [2.45, 2.75) is 38.1 Å². The summed E-state index contributed by atoms with van der Waals surface area (Å²) in [6, 6.07) is 4.47. The number of fused-ring (bicyclic) bond motifs is 1. The summed E-state index contributed by atoms with van der Waals surface area (Å²) in [4.78, 5) is 12.0. The highest BCUT2D eigenvalue weighted by molar-refractivity contribution is 5.90. The van der Waals surface area contributed by atoms with Crippen LogP contribution in [-0.2, 0) is 0 Å². The summed E-state index contributed by atoms with van der Waals surface area (Å²) in [6.45, 7) is 0. The average molecular weight is 203 g/mol. The minimum Gasteiger partial charge on any atom is -0.196 e. The first kappa shape index (κ1) is 8.89. The molecule has 0 N–H and O–H groups in total. The lowest BCUT2D eigenvalue weighted by Crippen LogP contribution is -2.32. The maximum Gasteiger partial charge on any atom is 0.503 e. The van der Waals surface area contributed by atoms with E-state index >= 15 is 0 Å². The summed E-state index contributed by atoms with van der Waals surface area (Å²) in [5.74, 6) is 0. The Bertz CT molecular complexity index is 425. The summed E-state index contributed by atoms with van der Waals surface area (Å²) in [6.07, 6.45) is 10.0. The topological polar surface area (TPSA) is 25.0 Å². The summed E-state index contributed by atoms with van der Waals surface area (Å²) in [7, 11) is 0. The molecule has 2 aliphatic rings. The number of hydrogen-bond acceptors (Lipinski definition) is 1. The maximum atomic E-state index is 12.0. The highest BCUT2D eigenvalue weighted by Crippen LogP contribution is 2.22. The van der Waals surface area contributed by atoms with Crippen molar-refractivity contribution in [1.29, 1.82) is 0 Å². The standard InChI is InChI=1S/C12H15N2O/c15-12-13-8-4-7-11(13)9-14(12)10-5-2-1-3-6-10/h4,7-10H,1-3,5-6H2/q+1. The molecule has 0 spiro atoms. The van der Waals surface area contributed by atoms with Crippen molar-refractivity contribution in [1.82, 2.24) is 4.57 Å². The molecule has 3 rings (SSSR count). The molecular weight excluding hydrogens is 188 g/mol. The third kappa shape index (κ3) is 1.34. The highest BCUT2D eigenvalue weighted by Gasteiger charge is 2.35. The van der Waals surface area contributed by atoms with Gasteiger partial charge in [-0.2, -0.15) is 13.9 Å². The zero-order valence-corrected chi connectivity index (χ0v) is 8.72. The molecule has 1 aromatic rings. The van der Waals surface area contributed by atoms with Crippen molar-refractivity contribution in [2.75, 3.05) is 0 Å². The summed E-state index contributed by atoms with van der Waals surface area (Å²) < 4.78 is 3.66. The lowest BCUT2D eigenvalue weighted by atomic mass is 9.95. The Kier molecular flexibility index (Phi) is 1.97. The summed E-state index contributed by atoms with van der Waals surface area (Å²) >= 11 is 0. The number of amides is 1. The fraction of sp³-hybridized carbons (Fsp3) is 0.500. The lowest BCUT2D eigenvalue weighted by molar-refractivity contribution is -0.468. The molecule has 1 aromatic heterocycles. The van der Waals surface area contributed by atoms with Gasteiger partial charge in [0, 0.05) is 0 Å². The van der Waals surface area contributed by atoms with Crippen molar-refractivity contribution < 1.29 is 9.37 Å². The molecule has 1 aliphatic carbocycles. The van der Waals surface area contributed by atoms with E-state index in [2.05, 4.69) is 0 Å². The Balaban J connectivity index is 1.89. The molecule has 0 radical (unpaired) electrons. The molecule has 1 amide bonds. The number of nitrogens with zero attached hydrogens (tertiary/aromatic N) is 2. The van der Waals surface area contributed by atoms with Crippen molar-refractivity contribution in [3.05, 3.63) is 24.0 Å². The molecular formula is C12H15N2O+. The first-order valence-electron chi connectivity index (χ1n) is 5.71. The lowest BCUT2D eigenvalue weighted by Gasteiger charge is -2.19. The smallest absolute Gasteiger partial charge is 0.196 e. The normalized spacial score (nSPS) is 21.6.